The fourth-order valence-electron chi connectivity index (χ4n) is 1.71. The van der Waals surface area contributed by atoms with Crippen molar-refractivity contribution in [3.8, 4) is 6.07 Å². The van der Waals surface area contributed by atoms with Gasteiger partial charge in [-0.05, 0) is 18.6 Å². The first-order valence-corrected chi connectivity index (χ1v) is 5.00. The highest BCUT2D eigenvalue weighted by atomic mass is 16.3. The van der Waals surface area contributed by atoms with Gasteiger partial charge in [-0.15, -0.1) is 0 Å². The Labute approximate surface area is 88.8 Å². The Hall–Kier alpha value is -1.60. The van der Waals surface area contributed by atoms with Crippen LogP contribution in [-0.2, 0) is 0 Å². The molecule has 0 bridgehead atoms. The van der Waals surface area contributed by atoms with Gasteiger partial charge in [0.2, 0.25) is 0 Å². The molecular formula is C11H13N3O. The van der Waals surface area contributed by atoms with Gasteiger partial charge in [0.1, 0.15) is 11.8 Å². The zero-order valence-corrected chi connectivity index (χ0v) is 8.64. The molecule has 2 rings (SSSR count). The molecule has 1 aromatic heterocycles. The molecule has 0 unspecified atom stereocenters. The van der Waals surface area contributed by atoms with Crippen molar-refractivity contribution in [1.82, 2.24) is 4.98 Å². The molecule has 1 N–H and O–H groups in total. The van der Waals surface area contributed by atoms with Crippen LogP contribution in [0.15, 0.2) is 18.3 Å². The molecule has 2 heterocycles. The van der Waals surface area contributed by atoms with E-state index in [0.29, 0.717) is 18.8 Å². The molecule has 78 valence electrons. The average Bonchev–Trinajstić information content (AvgIpc) is 2.25. The Morgan fingerprint density at radius 1 is 1.60 bits per heavy atom. The van der Waals surface area contributed by atoms with Crippen molar-refractivity contribution in [1.29, 1.82) is 5.26 Å². The Morgan fingerprint density at radius 2 is 2.33 bits per heavy atom. The maximum Gasteiger partial charge on any atom is 0.140 e. The first-order valence-electron chi connectivity index (χ1n) is 5.00. The van der Waals surface area contributed by atoms with E-state index in [4.69, 9.17) is 5.26 Å². The van der Waals surface area contributed by atoms with Crippen LogP contribution in [0.2, 0.25) is 0 Å². The van der Waals surface area contributed by atoms with Crippen LogP contribution in [0.5, 0.6) is 0 Å². The number of pyridine rings is 1. The second-order valence-electron chi connectivity index (χ2n) is 3.95. The lowest BCUT2D eigenvalue weighted by atomic mass is 9.91. The summed E-state index contributed by atoms with van der Waals surface area (Å²) in [5.41, 5.74) is 0.852. The van der Waals surface area contributed by atoms with Crippen LogP contribution in [0.4, 0.5) is 5.69 Å². The molecule has 1 aliphatic rings. The van der Waals surface area contributed by atoms with Crippen molar-refractivity contribution in [3.05, 3.63) is 24.0 Å². The molecule has 1 aromatic rings. The Morgan fingerprint density at radius 3 is 2.80 bits per heavy atom. The molecule has 0 aliphatic carbocycles. The maximum absolute atomic E-state index is 9.84. The third-order valence-electron chi connectivity index (χ3n) is 2.86. The predicted octanol–water partition coefficient (Wildman–Crippen LogP) is 0.914. The number of hydrogen-bond acceptors (Lipinski definition) is 4. The molecule has 0 radical (unpaired) electrons. The standard InChI is InChI=1S/C11H13N3O/c1-2-11(15)7-14(8-11)10-4-3-9(5-12)13-6-10/h3-4,6,15H,2,7-8H2,1H3. The van der Waals surface area contributed by atoms with E-state index in [1.807, 2.05) is 19.1 Å². The van der Waals surface area contributed by atoms with E-state index in [1.165, 1.54) is 0 Å². The minimum Gasteiger partial charge on any atom is -0.386 e. The molecule has 4 nitrogen and oxygen atoms in total. The number of hydrogen-bond donors (Lipinski definition) is 1. The van der Waals surface area contributed by atoms with E-state index in [1.54, 1.807) is 12.3 Å². The molecule has 0 spiro atoms. The number of nitriles is 1. The zero-order chi connectivity index (χ0) is 10.9. The van der Waals surface area contributed by atoms with E-state index < -0.39 is 5.60 Å². The summed E-state index contributed by atoms with van der Waals surface area (Å²) in [7, 11) is 0. The maximum atomic E-state index is 9.84. The second-order valence-corrected chi connectivity index (χ2v) is 3.95. The van der Waals surface area contributed by atoms with Crippen molar-refractivity contribution in [2.24, 2.45) is 0 Å². The smallest absolute Gasteiger partial charge is 0.140 e. The van der Waals surface area contributed by atoms with Crippen LogP contribution in [0.3, 0.4) is 0 Å². The highest BCUT2D eigenvalue weighted by Crippen LogP contribution is 2.29. The van der Waals surface area contributed by atoms with E-state index >= 15 is 0 Å². The van der Waals surface area contributed by atoms with Gasteiger partial charge in [0.15, 0.2) is 0 Å². The van der Waals surface area contributed by atoms with Gasteiger partial charge in [-0.3, -0.25) is 0 Å². The van der Waals surface area contributed by atoms with Gasteiger partial charge in [-0.2, -0.15) is 5.26 Å². The van der Waals surface area contributed by atoms with Gasteiger partial charge < -0.3 is 10.0 Å². The second kappa shape index (κ2) is 3.52. The van der Waals surface area contributed by atoms with Gasteiger partial charge in [-0.1, -0.05) is 6.92 Å². The highest BCUT2D eigenvalue weighted by Gasteiger charge is 2.39. The molecule has 15 heavy (non-hydrogen) atoms. The zero-order valence-electron chi connectivity index (χ0n) is 8.64. The molecule has 1 saturated heterocycles. The van der Waals surface area contributed by atoms with Crippen molar-refractivity contribution >= 4 is 5.69 Å². The van der Waals surface area contributed by atoms with Crippen molar-refractivity contribution in [3.63, 3.8) is 0 Å². The lowest BCUT2D eigenvalue weighted by Gasteiger charge is -2.47. The van der Waals surface area contributed by atoms with E-state index in [2.05, 4.69) is 9.88 Å². The average molecular weight is 203 g/mol. The summed E-state index contributed by atoms with van der Waals surface area (Å²) in [6.45, 7) is 3.28. The highest BCUT2D eigenvalue weighted by molar-refractivity contribution is 5.49. The molecule has 1 fully saturated rings. The van der Waals surface area contributed by atoms with Crippen LogP contribution in [-0.4, -0.2) is 28.8 Å². The third-order valence-corrected chi connectivity index (χ3v) is 2.86. The monoisotopic (exact) mass is 203 g/mol. The third kappa shape index (κ3) is 1.79. The normalized spacial score (nSPS) is 18.1. The van der Waals surface area contributed by atoms with E-state index in [0.717, 1.165) is 12.1 Å². The van der Waals surface area contributed by atoms with Gasteiger partial charge >= 0.3 is 0 Å². The lowest BCUT2D eigenvalue weighted by molar-refractivity contribution is 0.00850. The minimum absolute atomic E-state index is 0.421. The Balaban J connectivity index is 2.05. The van der Waals surface area contributed by atoms with Crippen LogP contribution >= 0.6 is 0 Å². The van der Waals surface area contributed by atoms with Crippen LogP contribution in [0.1, 0.15) is 19.0 Å². The summed E-state index contributed by atoms with van der Waals surface area (Å²) < 4.78 is 0. The first kappa shape index (κ1) is 9.94. The Kier molecular flexibility index (Phi) is 2.33. The minimum atomic E-state index is -0.534. The van der Waals surface area contributed by atoms with Gasteiger partial charge in [0, 0.05) is 13.1 Å². The predicted molar refractivity (Wildman–Crippen MR) is 56.4 cm³/mol. The number of rotatable bonds is 2. The number of nitrogens with zero attached hydrogens (tertiary/aromatic N) is 3. The van der Waals surface area contributed by atoms with E-state index in [-0.39, 0.29) is 0 Å². The largest absolute Gasteiger partial charge is 0.386 e. The summed E-state index contributed by atoms with van der Waals surface area (Å²) in [6.07, 6.45) is 2.45. The van der Waals surface area contributed by atoms with Gasteiger partial charge in [0.05, 0.1) is 17.5 Å². The summed E-state index contributed by atoms with van der Waals surface area (Å²) >= 11 is 0. The molecule has 1 aliphatic heterocycles. The molecule has 0 atom stereocenters. The Bertz CT molecular complexity index is 387. The quantitative estimate of drug-likeness (QED) is 0.776. The summed E-state index contributed by atoms with van der Waals surface area (Å²) in [5, 5.41) is 18.4. The number of β-amino-alcohol motifs (C(OH)–C–C–N with tert-alkyl or cyclic N) is 1. The van der Waals surface area contributed by atoms with Crippen molar-refractivity contribution in [2.75, 3.05) is 18.0 Å². The fourth-order valence-corrected chi connectivity index (χ4v) is 1.71. The van der Waals surface area contributed by atoms with Crippen LogP contribution in [0, 0.1) is 11.3 Å². The van der Waals surface area contributed by atoms with Crippen LogP contribution in [0.25, 0.3) is 0 Å². The van der Waals surface area contributed by atoms with Gasteiger partial charge in [-0.25, -0.2) is 4.98 Å². The summed E-state index contributed by atoms with van der Waals surface area (Å²) in [4.78, 5) is 6.04. The fraction of sp³-hybridized carbons (Fsp3) is 0.455. The molecular weight excluding hydrogens is 190 g/mol. The van der Waals surface area contributed by atoms with Crippen molar-refractivity contribution < 1.29 is 5.11 Å². The van der Waals surface area contributed by atoms with E-state index in [9.17, 15) is 5.11 Å². The van der Waals surface area contributed by atoms with Crippen molar-refractivity contribution in [2.45, 2.75) is 18.9 Å². The molecule has 4 heteroatoms. The molecule has 0 amide bonds. The first-order chi connectivity index (χ1) is 7.17. The summed E-state index contributed by atoms with van der Waals surface area (Å²) in [5.74, 6) is 0. The number of aliphatic hydroxyl groups is 1. The number of aromatic nitrogens is 1. The SMILES string of the molecule is CCC1(O)CN(c2ccc(C#N)nc2)C1. The topological polar surface area (TPSA) is 60.1 Å². The summed E-state index contributed by atoms with van der Waals surface area (Å²) in [6, 6.07) is 5.53. The van der Waals surface area contributed by atoms with Gasteiger partial charge in [0.25, 0.3) is 0 Å². The molecule has 0 saturated carbocycles. The van der Waals surface area contributed by atoms with Crippen LogP contribution < -0.4 is 4.90 Å². The lowest BCUT2D eigenvalue weighted by Crippen LogP contribution is -2.61. The molecule has 0 aromatic carbocycles. The number of anilines is 1.